The van der Waals surface area contributed by atoms with Crippen molar-refractivity contribution in [3.05, 3.63) is 112 Å². The summed E-state index contributed by atoms with van der Waals surface area (Å²) in [7, 11) is 0. The maximum atomic E-state index is 10.9. The monoisotopic (exact) mass is 471 g/mol. The van der Waals surface area contributed by atoms with Crippen LogP contribution in [0.4, 0.5) is 0 Å². The summed E-state index contributed by atoms with van der Waals surface area (Å²) in [4.78, 5) is 17.7. The van der Waals surface area contributed by atoms with E-state index in [2.05, 4.69) is 53.0 Å². The van der Waals surface area contributed by atoms with Crippen molar-refractivity contribution in [1.29, 1.82) is 0 Å². The summed E-state index contributed by atoms with van der Waals surface area (Å²) in [5.41, 5.74) is 4.88. The van der Waals surface area contributed by atoms with Crippen LogP contribution in [0.2, 0.25) is 0 Å². The van der Waals surface area contributed by atoms with Gasteiger partial charge in [0.15, 0.2) is 6.61 Å². The largest absolute Gasteiger partial charge is 0.490 e. The molecule has 34 heavy (non-hydrogen) atoms. The maximum Gasteiger partial charge on any atom is 0.307 e. The molecule has 0 saturated carbocycles. The molecule has 0 aliphatic heterocycles. The van der Waals surface area contributed by atoms with Crippen LogP contribution in [0.1, 0.15) is 16.0 Å². The van der Waals surface area contributed by atoms with E-state index in [1.54, 1.807) is 35.6 Å². The van der Waals surface area contributed by atoms with Gasteiger partial charge in [-0.05, 0) is 45.8 Å². The Kier molecular flexibility index (Phi) is 8.08. The van der Waals surface area contributed by atoms with Gasteiger partial charge in [-0.15, -0.1) is 11.3 Å². The van der Waals surface area contributed by atoms with Gasteiger partial charge in [0.25, 0.3) is 0 Å². The minimum Gasteiger partial charge on any atom is -0.490 e. The Hall–Kier alpha value is -3.90. The number of carbonyl (C=O) groups is 1. The number of ether oxygens (including phenoxy) is 1. The summed E-state index contributed by atoms with van der Waals surface area (Å²) >= 11 is 1.69. The van der Waals surface area contributed by atoms with E-state index in [9.17, 15) is 4.79 Å². The Balaban J connectivity index is 1.39. The summed E-state index contributed by atoms with van der Waals surface area (Å²) in [6, 6.07) is 29.8. The van der Waals surface area contributed by atoms with E-state index >= 15 is 0 Å². The first-order chi connectivity index (χ1) is 16.7. The molecule has 6 heteroatoms. The number of hydrogen-bond acceptors (Lipinski definition) is 5. The first-order valence-corrected chi connectivity index (χ1v) is 11.9. The maximum absolute atomic E-state index is 10.9. The SMILES string of the molecule is O=C(O)Cc1cccc(OCCO/N=C(\Cc2cccs2)c2ccc(-c3ccccc3)cc2)c1. The van der Waals surface area contributed by atoms with Crippen molar-refractivity contribution in [2.75, 3.05) is 13.2 Å². The van der Waals surface area contributed by atoms with Crippen LogP contribution >= 0.6 is 11.3 Å². The van der Waals surface area contributed by atoms with Gasteiger partial charge >= 0.3 is 5.97 Å². The fourth-order valence-corrected chi connectivity index (χ4v) is 4.20. The van der Waals surface area contributed by atoms with Crippen molar-refractivity contribution in [3.8, 4) is 16.9 Å². The summed E-state index contributed by atoms with van der Waals surface area (Å²) in [6.45, 7) is 0.582. The Bertz CT molecular complexity index is 1220. The van der Waals surface area contributed by atoms with Gasteiger partial charge in [0.05, 0.1) is 12.1 Å². The lowest BCUT2D eigenvalue weighted by molar-refractivity contribution is -0.136. The topological polar surface area (TPSA) is 68.1 Å². The van der Waals surface area contributed by atoms with E-state index in [1.807, 2.05) is 24.3 Å². The van der Waals surface area contributed by atoms with Crippen LogP contribution in [-0.4, -0.2) is 30.0 Å². The smallest absolute Gasteiger partial charge is 0.307 e. The number of benzene rings is 3. The zero-order valence-electron chi connectivity index (χ0n) is 18.6. The Labute approximate surface area is 202 Å². The van der Waals surface area contributed by atoms with Crippen molar-refractivity contribution >= 4 is 23.0 Å². The van der Waals surface area contributed by atoms with Crippen LogP contribution in [0.15, 0.2) is 102 Å². The van der Waals surface area contributed by atoms with Crippen molar-refractivity contribution in [2.45, 2.75) is 12.8 Å². The van der Waals surface area contributed by atoms with Crippen LogP contribution < -0.4 is 4.74 Å². The second-order valence-corrected chi connectivity index (χ2v) is 8.67. The number of carboxylic acid groups (broad SMARTS) is 1. The molecule has 0 aliphatic carbocycles. The third-order valence-corrected chi connectivity index (χ3v) is 6.00. The minimum atomic E-state index is -0.870. The van der Waals surface area contributed by atoms with Crippen LogP contribution in [0, 0.1) is 0 Å². The van der Waals surface area contributed by atoms with E-state index in [0.29, 0.717) is 24.3 Å². The number of aliphatic carboxylic acids is 1. The molecule has 172 valence electrons. The summed E-state index contributed by atoms with van der Waals surface area (Å²) < 4.78 is 5.70. The normalized spacial score (nSPS) is 11.2. The molecule has 3 aromatic carbocycles. The number of oxime groups is 1. The number of hydrogen-bond donors (Lipinski definition) is 1. The van der Waals surface area contributed by atoms with Crippen molar-refractivity contribution in [1.82, 2.24) is 0 Å². The Morgan fingerprint density at radius 3 is 2.35 bits per heavy atom. The Morgan fingerprint density at radius 1 is 0.824 bits per heavy atom. The minimum absolute atomic E-state index is 0.0346. The molecular formula is C28H25NO4S. The van der Waals surface area contributed by atoms with E-state index in [-0.39, 0.29) is 13.0 Å². The molecular weight excluding hydrogens is 446 g/mol. The highest BCUT2D eigenvalue weighted by Crippen LogP contribution is 2.21. The summed E-state index contributed by atoms with van der Waals surface area (Å²) in [6.07, 6.45) is 0.646. The fourth-order valence-electron chi connectivity index (χ4n) is 3.49. The molecule has 0 unspecified atom stereocenters. The zero-order valence-corrected chi connectivity index (χ0v) is 19.4. The molecule has 0 radical (unpaired) electrons. The van der Waals surface area contributed by atoms with E-state index in [4.69, 9.17) is 14.7 Å². The predicted octanol–water partition coefficient (Wildman–Crippen LogP) is 6.08. The molecule has 0 saturated heterocycles. The highest BCUT2D eigenvalue weighted by Gasteiger charge is 2.09. The number of rotatable bonds is 11. The van der Waals surface area contributed by atoms with Gasteiger partial charge < -0.3 is 14.7 Å². The molecule has 0 bridgehead atoms. The van der Waals surface area contributed by atoms with Gasteiger partial charge in [-0.3, -0.25) is 4.79 Å². The molecule has 1 aromatic heterocycles. The van der Waals surface area contributed by atoms with Gasteiger partial charge in [0.2, 0.25) is 0 Å². The van der Waals surface area contributed by atoms with E-state index in [0.717, 1.165) is 16.8 Å². The summed E-state index contributed by atoms with van der Waals surface area (Å²) in [5.74, 6) is -0.258. The van der Waals surface area contributed by atoms with Crippen molar-refractivity contribution in [2.24, 2.45) is 5.16 Å². The lowest BCUT2D eigenvalue weighted by Gasteiger charge is -2.09. The van der Waals surface area contributed by atoms with E-state index in [1.165, 1.54) is 10.4 Å². The Morgan fingerprint density at radius 2 is 1.62 bits per heavy atom. The van der Waals surface area contributed by atoms with Crippen molar-refractivity contribution < 1.29 is 19.5 Å². The molecule has 0 fully saturated rings. The van der Waals surface area contributed by atoms with Gasteiger partial charge in [-0.25, -0.2) is 0 Å². The zero-order chi connectivity index (χ0) is 23.6. The standard InChI is InChI=1S/C28H25NO4S/c30-28(31)19-21-6-4-9-25(18-21)32-15-16-33-29-27(20-26-10-5-17-34-26)24-13-11-23(12-14-24)22-7-2-1-3-8-22/h1-14,17-18H,15-16,19-20H2,(H,30,31)/b29-27+. The van der Waals surface area contributed by atoms with Crippen LogP contribution in [0.3, 0.4) is 0 Å². The van der Waals surface area contributed by atoms with Crippen molar-refractivity contribution in [3.63, 3.8) is 0 Å². The molecule has 0 atom stereocenters. The van der Waals surface area contributed by atoms with Crippen LogP contribution in [0.25, 0.3) is 11.1 Å². The van der Waals surface area contributed by atoms with Gasteiger partial charge in [0, 0.05) is 11.3 Å². The molecule has 0 aliphatic rings. The first-order valence-electron chi connectivity index (χ1n) is 11.0. The van der Waals surface area contributed by atoms with Crippen LogP contribution in [-0.2, 0) is 22.5 Å². The quantitative estimate of drug-likeness (QED) is 0.163. The van der Waals surface area contributed by atoms with Gasteiger partial charge in [-0.1, -0.05) is 78.0 Å². The van der Waals surface area contributed by atoms with Crippen LogP contribution in [0.5, 0.6) is 5.75 Å². The lowest BCUT2D eigenvalue weighted by atomic mass is 10.0. The molecule has 1 heterocycles. The highest BCUT2D eigenvalue weighted by molar-refractivity contribution is 7.10. The predicted molar refractivity (Wildman–Crippen MR) is 136 cm³/mol. The first kappa shape index (κ1) is 23.3. The van der Waals surface area contributed by atoms with E-state index < -0.39 is 5.97 Å². The van der Waals surface area contributed by atoms with Gasteiger partial charge in [-0.2, -0.15) is 0 Å². The second kappa shape index (κ2) is 11.8. The highest BCUT2D eigenvalue weighted by atomic mass is 32.1. The second-order valence-electron chi connectivity index (χ2n) is 7.64. The third-order valence-electron chi connectivity index (χ3n) is 5.12. The summed E-state index contributed by atoms with van der Waals surface area (Å²) in [5, 5.41) is 15.4. The molecule has 4 aromatic rings. The number of thiophene rings is 1. The number of carboxylic acids is 1. The molecule has 5 nitrogen and oxygen atoms in total. The molecule has 0 spiro atoms. The fraction of sp³-hybridized carbons (Fsp3) is 0.143. The molecule has 0 amide bonds. The lowest BCUT2D eigenvalue weighted by Crippen LogP contribution is -2.09. The number of nitrogens with zero attached hydrogens (tertiary/aromatic N) is 1. The molecule has 1 N–H and O–H groups in total. The average molecular weight is 472 g/mol. The average Bonchev–Trinajstić information content (AvgIpc) is 3.37. The third kappa shape index (κ3) is 6.80. The molecule has 4 rings (SSSR count). The van der Waals surface area contributed by atoms with Gasteiger partial charge in [0.1, 0.15) is 12.4 Å².